The number of aromatic nitrogens is 2. The number of nitrogens with zero attached hydrogens (tertiary/aromatic N) is 3. The van der Waals surface area contributed by atoms with Gasteiger partial charge in [0, 0.05) is 23.3 Å². The van der Waals surface area contributed by atoms with E-state index in [4.69, 9.17) is 23.2 Å². The second kappa shape index (κ2) is 7.62. The Labute approximate surface area is 160 Å². The first-order valence-corrected chi connectivity index (χ1v) is 9.23. The van der Waals surface area contributed by atoms with Crippen LogP contribution in [0, 0.1) is 27.3 Å². The highest BCUT2D eigenvalue weighted by Crippen LogP contribution is 2.31. The molecule has 1 aliphatic carbocycles. The molecule has 146 valence electrons. The second-order valence-electron chi connectivity index (χ2n) is 6.03. The maximum Gasteiger partial charge on any atom is 0.366 e. The van der Waals surface area contributed by atoms with Gasteiger partial charge in [0.2, 0.25) is 0 Å². The van der Waals surface area contributed by atoms with E-state index in [1.54, 1.807) is 16.7 Å². The highest BCUT2D eigenvalue weighted by atomic mass is 35.7. The smallest absolute Gasteiger partial charge is 0.300 e. The van der Waals surface area contributed by atoms with E-state index < -0.39 is 15.2 Å². The van der Waals surface area contributed by atoms with E-state index in [1.807, 2.05) is 19.2 Å². The minimum Gasteiger partial charge on any atom is -0.300 e. The fourth-order valence-electron chi connectivity index (χ4n) is 2.98. The van der Waals surface area contributed by atoms with Crippen LogP contribution in [-0.4, -0.2) is 9.91 Å². The zero-order valence-corrected chi connectivity index (χ0v) is 15.3. The van der Waals surface area contributed by atoms with Crippen LogP contribution in [0.4, 0.5) is 5.69 Å². The van der Waals surface area contributed by atoms with E-state index in [-0.39, 0.29) is 5.69 Å². The first-order valence-electron chi connectivity index (χ1n) is 7.99. The number of nitro groups is 1. The number of fused-ring (bicyclic) bond motifs is 3. The molecule has 0 spiro atoms. The van der Waals surface area contributed by atoms with Crippen molar-refractivity contribution in [3.63, 3.8) is 0 Å². The highest BCUT2D eigenvalue weighted by molar-refractivity contribution is 5.82. The number of benzene rings is 1. The van der Waals surface area contributed by atoms with Crippen LogP contribution in [0.3, 0.4) is 0 Å². The number of halogens is 1. The molecule has 0 saturated carbocycles. The van der Waals surface area contributed by atoms with Crippen molar-refractivity contribution in [1.82, 2.24) is 4.98 Å². The van der Waals surface area contributed by atoms with Crippen LogP contribution >= 0.6 is 0 Å². The Morgan fingerprint density at radius 1 is 1.18 bits per heavy atom. The third kappa shape index (κ3) is 4.68. The number of non-ortho nitro benzene ring substituents is 1. The van der Waals surface area contributed by atoms with E-state index in [1.165, 1.54) is 12.1 Å². The van der Waals surface area contributed by atoms with Gasteiger partial charge in [-0.1, -0.05) is 0 Å². The van der Waals surface area contributed by atoms with Crippen LogP contribution in [0.2, 0.25) is 0 Å². The van der Waals surface area contributed by atoms with Gasteiger partial charge in [-0.2, -0.15) is 0 Å². The van der Waals surface area contributed by atoms with E-state index in [0.29, 0.717) is 0 Å². The predicted molar refractivity (Wildman–Crippen MR) is 83.7 cm³/mol. The second-order valence-corrected chi connectivity index (χ2v) is 6.78. The summed E-state index contributed by atoms with van der Waals surface area (Å²) in [6.07, 6.45) is 5.78. The van der Waals surface area contributed by atoms with Crippen molar-refractivity contribution >= 4 is 23.0 Å². The molecule has 0 unspecified atom stereocenters. The van der Waals surface area contributed by atoms with Crippen molar-refractivity contribution in [2.24, 2.45) is 0 Å². The summed E-state index contributed by atoms with van der Waals surface area (Å²) in [6, 6.07) is 8.48. The summed E-state index contributed by atoms with van der Waals surface area (Å²) in [6.45, 7) is 1.90. The molecule has 28 heavy (non-hydrogen) atoms. The molecule has 0 atom stereocenters. The van der Waals surface area contributed by atoms with Crippen LogP contribution in [-0.2, 0) is 6.42 Å². The van der Waals surface area contributed by atoms with Gasteiger partial charge in [-0.15, -0.1) is 10.2 Å². The quantitative estimate of drug-likeness (QED) is 0.277. The summed E-state index contributed by atoms with van der Waals surface area (Å²) >= 11 is 0. The van der Waals surface area contributed by atoms with E-state index in [2.05, 4.69) is 11.1 Å². The number of hydrogen-bond acceptors (Lipinski definition) is 8. The van der Waals surface area contributed by atoms with Gasteiger partial charge in [-0.3, -0.25) is 10.1 Å². The Bertz CT molecular complexity index is 1050. The molecule has 1 aliphatic rings. The summed E-state index contributed by atoms with van der Waals surface area (Å²) in [5, 5.41) is 10.7. The molecular formula is C17H14ClN3O7. The van der Waals surface area contributed by atoms with Gasteiger partial charge in [-0.05, 0) is 53.1 Å². The summed E-state index contributed by atoms with van der Waals surface area (Å²) < 4.78 is 41.5. The summed E-state index contributed by atoms with van der Waals surface area (Å²) in [5.41, 5.74) is 5.18. The lowest BCUT2D eigenvalue weighted by atomic mass is 10.1. The lowest BCUT2D eigenvalue weighted by molar-refractivity contribution is -2.00. The average molecular weight is 408 g/mol. The molecule has 0 bridgehead atoms. The fourth-order valence-corrected chi connectivity index (χ4v) is 2.98. The number of nitro benzene ring substituents is 1. The monoisotopic (exact) mass is 407 g/mol. The first kappa shape index (κ1) is 19.9. The molecule has 0 fully saturated rings. The molecule has 2 heterocycles. The Kier molecular flexibility index (Phi) is 5.40. The Hall–Kier alpha value is -2.89. The van der Waals surface area contributed by atoms with Crippen LogP contribution < -0.4 is 23.2 Å². The Morgan fingerprint density at radius 3 is 2.43 bits per heavy atom. The fraction of sp³-hybridized carbons (Fsp3) is 0.176. The maximum atomic E-state index is 10.7. The molecule has 1 aromatic carbocycles. The van der Waals surface area contributed by atoms with Gasteiger partial charge in [-0.25, -0.2) is 18.6 Å². The number of aryl methyl sites for hydroxylation is 2. The van der Waals surface area contributed by atoms with Crippen molar-refractivity contribution < 1.29 is 42.9 Å². The van der Waals surface area contributed by atoms with Crippen LogP contribution in [0.5, 0.6) is 0 Å². The predicted octanol–water partition coefficient (Wildman–Crippen LogP) is -1.64. The third-order valence-electron chi connectivity index (χ3n) is 4.05. The van der Waals surface area contributed by atoms with Gasteiger partial charge in [0.25, 0.3) is 5.69 Å². The molecule has 11 heteroatoms. The van der Waals surface area contributed by atoms with Crippen molar-refractivity contribution in [3.05, 3.63) is 69.2 Å². The topological polar surface area (TPSA) is 166 Å². The lowest BCUT2D eigenvalue weighted by Crippen LogP contribution is -2.68. The molecule has 3 aromatic rings. The molecule has 0 saturated heterocycles. The van der Waals surface area contributed by atoms with Crippen LogP contribution in [0.25, 0.3) is 17.3 Å². The highest BCUT2D eigenvalue weighted by Gasteiger charge is 2.28. The SMILES string of the molecule is Cc1cc2ncc3c([n+]2o1)/C(=C/c1ccc([N+](=O)[O-])cc1)CC3.[O-][Cl+3]([O-])([O-])[O-]. The van der Waals surface area contributed by atoms with Gasteiger partial charge in [0.15, 0.2) is 11.5 Å². The van der Waals surface area contributed by atoms with Crippen LogP contribution in [0.1, 0.15) is 29.0 Å². The summed E-state index contributed by atoms with van der Waals surface area (Å²) in [5.74, 6) is 0.812. The number of allylic oxidation sites excluding steroid dienone is 1. The molecular weight excluding hydrogens is 394 g/mol. The van der Waals surface area contributed by atoms with E-state index >= 15 is 0 Å². The normalized spacial score (nSPS) is 14.7. The summed E-state index contributed by atoms with van der Waals surface area (Å²) in [7, 11) is -4.94. The number of rotatable bonds is 2. The van der Waals surface area contributed by atoms with Crippen LogP contribution in [0.15, 0.2) is 41.1 Å². The molecule has 0 aliphatic heterocycles. The Morgan fingerprint density at radius 2 is 1.82 bits per heavy atom. The lowest BCUT2D eigenvalue weighted by Gasteiger charge is -2.17. The Balaban J connectivity index is 0.000000403. The van der Waals surface area contributed by atoms with Crippen molar-refractivity contribution in [2.45, 2.75) is 19.8 Å². The molecule has 4 rings (SSSR count). The van der Waals surface area contributed by atoms with Crippen molar-refractivity contribution in [3.8, 4) is 0 Å². The van der Waals surface area contributed by atoms with E-state index in [9.17, 15) is 10.1 Å². The standard InChI is InChI=1S/C17H14N3O3.ClHO4/c1-11-8-16-18-10-14-5-4-13(17(14)19(16)23-11)9-12-2-6-15(7-3-12)20(21)22;2-1(3,4)5/h2-3,6-10H,4-5H2,1H3;(H,2,3,4,5)/q+1;/p-1/b13-9+;. The third-order valence-corrected chi connectivity index (χ3v) is 4.05. The van der Waals surface area contributed by atoms with Gasteiger partial charge < -0.3 is 4.52 Å². The summed E-state index contributed by atoms with van der Waals surface area (Å²) in [4.78, 5) is 14.8. The zero-order valence-electron chi connectivity index (χ0n) is 14.5. The molecule has 0 radical (unpaired) electrons. The largest absolute Gasteiger partial charge is 0.366 e. The molecule has 10 nitrogen and oxygen atoms in total. The van der Waals surface area contributed by atoms with Crippen molar-refractivity contribution in [2.75, 3.05) is 0 Å². The molecule has 2 aromatic heterocycles. The molecule has 0 amide bonds. The average Bonchev–Trinajstić information content (AvgIpc) is 3.16. The van der Waals surface area contributed by atoms with E-state index in [0.717, 1.165) is 46.6 Å². The minimum absolute atomic E-state index is 0.0987. The first-order chi connectivity index (χ1) is 13.1. The zero-order chi connectivity index (χ0) is 20.5. The van der Waals surface area contributed by atoms with Gasteiger partial charge in [0.1, 0.15) is 6.20 Å². The maximum absolute atomic E-state index is 10.7. The minimum atomic E-state index is -4.94. The van der Waals surface area contributed by atoms with Gasteiger partial charge in [0.05, 0.1) is 11.0 Å². The number of hydrogen-bond donors (Lipinski definition) is 0. The molecule has 0 N–H and O–H groups in total. The van der Waals surface area contributed by atoms with Gasteiger partial charge >= 0.3 is 5.65 Å². The van der Waals surface area contributed by atoms with Crippen molar-refractivity contribution in [1.29, 1.82) is 0 Å².